The lowest BCUT2D eigenvalue weighted by atomic mass is 10.0. The Hall–Kier alpha value is -0.910. The average molecular weight is 355 g/mol. The van der Waals surface area contributed by atoms with Crippen LogP contribution >= 0.6 is 15.9 Å². The van der Waals surface area contributed by atoms with Crippen LogP contribution in [0.1, 0.15) is 24.0 Å². The summed E-state index contributed by atoms with van der Waals surface area (Å²) in [6, 6.07) is 6.91. The second-order valence-electron chi connectivity index (χ2n) is 5.90. The lowest BCUT2D eigenvalue weighted by Gasteiger charge is -2.36. The number of piperidine rings is 1. The number of carboxylic acids is 1. The number of aliphatic carboxylic acids is 1. The maximum Gasteiger partial charge on any atom is 0.317 e. The molecule has 0 bridgehead atoms. The number of hydrogen-bond acceptors (Lipinski definition) is 3. The Kier molecular flexibility index (Phi) is 5.79. The summed E-state index contributed by atoms with van der Waals surface area (Å²) in [7, 11) is 1.91. The highest BCUT2D eigenvalue weighted by Crippen LogP contribution is 2.21. The second kappa shape index (κ2) is 7.38. The smallest absolute Gasteiger partial charge is 0.317 e. The fourth-order valence-electron chi connectivity index (χ4n) is 2.85. The summed E-state index contributed by atoms with van der Waals surface area (Å²) < 4.78 is 1.16. The molecule has 1 saturated heterocycles. The predicted octanol–water partition coefficient (Wildman–Crippen LogP) is 2.74. The molecule has 1 N–H and O–H groups in total. The van der Waals surface area contributed by atoms with E-state index in [0.29, 0.717) is 6.04 Å². The number of likely N-dealkylation sites (tertiary alicyclic amines) is 1. The van der Waals surface area contributed by atoms with Gasteiger partial charge in [-0.2, -0.15) is 0 Å². The van der Waals surface area contributed by atoms with Gasteiger partial charge in [0.05, 0.1) is 6.54 Å². The first-order chi connectivity index (χ1) is 9.95. The molecule has 1 aromatic rings. The summed E-state index contributed by atoms with van der Waals surface area (Å²) in [6.07, 6.45) is 2.08. The highest BCUT2D eigenvalue weighted by atomic mass is 79.9. The lowest BCUT2D eigenvalue weighted by molar-refractivity contribution is -0.138. The van der Waals surface area contributed by atoms with E-state index < -0.39 is 5.97 Å². The molecule has 0 unspecified atom stereocenters. The number of likely N-dealkylation sites (N-methyl/N-ethyl adjacent to an activating group) is 1. The van der Waals surface area contributed by atoms with Gasteiger partial charge in [0.1, 0.15) is 0 Å². The minimum Gasteiger partial charge on any atom is -0.480 e. The van der Waals surface area contributed by atoms with Gasteiger partial charge in [0.15, 0.2) is 0 Å². The number of carbonyl (C=O) groups is 1. The van der Waals surface area contributed by atoms with E-state index in [9.17, 15) is 4.79 Å². The van der Waals surface area contributed by atoms with Crippen molar-refractivity contribution in [2.45, 2.75) is 32.4 Å². The Bertz CT molecular complexity index is 499. The zero-order valence-electron chi connectivity index (χ0n) is 12.7. The maximum atomic E-state index is 10.8. The van der Waals surface area contributed by atoms with E-state index in [4.69, 9.17) is 5.11 Å². The summed E-state index contributed by atoms with van der Waals surface area (Å²) in [5, 5.41) is 8.85. The number of carboxylic acid groups (broad SMARTS) is 1. The summed E-state index contributed by atoms with van der Waals surface area (Å²) in [5.41, 5.74) is 2.58. The average Bonchev–Trinajstić information content (AvgIpc) is 2.43. The summed E-state index contributed by atoms with van der Waals surface area (Å²) >= 11 is 3.58. The molecular formula is C16H23BrN2O2. The third kappa shape index (κ3) is 4.80. The molecule has 5 heteroatoms. The zero-order valence-corrected chi connectivity index (χ0v) is 14.3. The first-order valence-corrected chi connectivity index (χ1v) is 8.14. The van der Waals surface area contributed by atoms with Crippen molar-refractivity contribution in [3.8, 4) is 0 Å². The van der Waals surface area contributed by atoms with Crippen molar-refractivity contribution in [1.82, 2.24) is 9.80 Å². The standard InChI is InChI=1S/C16H23BrN2O2/c1-12-3-4-13(9-15(12)17)10-19-7-5-14(6-8-19)18(2)11-16(20)21/h3-4,9,14H,5-8,10-11H2,1-2H3,(H,20,21). The van der Waals surface area contributed by atoms with Crippen molar-refractivity contribution < 1.29 is 9.90 Å². The van der Waals surface area contributed by atoms with Gasteiger partial charge in [-0.15, -0.1) is 0 Å². The number of halogens is 1. The van der Waals surface area contributed by atoms with Gasteiger partial charge < -0.3 is 5.11 Å². The molecule has 1 heterocycles. The molecule has 1 aliphatic heterocycles. The molecular weight excluding hydrogens is 332 g/mol. The van der Waals surface area contributed by atoms with E-state index in [1.54, 1.807) is 0 Å². The van der Waals surface area contributed by atoms with Gasteiger partial charge in [-0.25, -0.2) is 0 Å². The van der Waals surface area contributed by atoms with Crippen LogP contribution in [0.3, 0.4) is 0 Å². The molecule has 0 saturated carbocycles. The number of benzene rings is 1. The minimum atomic E-state index is -0.746. The van der Waals surface area contributed by atoms with Crippen LogP contribution in [0.25, 0.3) is 0 Å². The van der Waals surface area contributed by atoms with Gasteiger partial charge in [-0.1, -0.05) is 28.1 Å². The van der Waals surface area contributed by atoms with E-state index >= 15 is 0 Å². The fourth-order valence-corrected chi connectivity index (χ4v) is 3.28. The van der Waals surface area contributed by atoms with E-state index in [0.717, 1.165) is 36.9 Å². The largest absolute Gasteiger partial charge is 0.480 e. The van der Waals surface area contributed by atoms with Gasteiger partial charge in [0.25, 0.3) is 0 Å². The van der Waals surface area contributed by atoms with Crippen molar-refractivity contribution >= 4 is 21.9 Å². The lowest BCUT2D eigenvalue weighted by Crippen LogP contribution is -2.44. The first-order valence-electron chi connectivity index (χ1n) is 7.35. The van der Waals surface area contributed by atoms with Crippen LogP contribution in [0.15, 0.2) is 22.7 Å². The molecule has 1 aliphatic rings. The molecule has 1 fully saturated rings. The molecule has 0 aliphatic carbocycles. The van der Waals surface area contributed by atoms with E-state index in [2.05, 4.69) is 46.0 Å². The second-order valence-corrected chi connectivity index (χ2v) is 6.75. The van der Waals surface area contributed by atoms with Crippen molar-refractivity contribution in [2.75, 3.05) is 26.7 Å². The predicted molar refractivity (Wildman–Crippen MR) is 87.4 cm³/mol. The summed E-state index contributed by atoms with van der Waals surface area (Å²) in [5.74, 6) is -0.746. The number of hydrogen-bond donors (Lipinski definition) is 1. The first kappa shape index (κ1) is 16.5. The van der Waals surface area contributed by atoms with E-state index in [1.165, 1.54) is 11.1 Å². The van der Waals surface area contributed by atoms with Crippen LogP contribution in [0.5, 0.6) is 0 Å². The van der Waals surface area contributed by atoms with Gasteiger partial charge in [0, 0.05) is 17.1 Å². The van der Waals surface area contributed by atoms with Crippen molar-refractivity contribution in [1.29, 1.82) is 0 Å². The Labute approximate surface area is 134 Å². The molecule has 0 aromatic heterocycles. The molecule has 1 aromatic carbocycles. The van der Waals surface area contributed by atoms with Crippen LogP contribution in [0.4, 0.5) is 0 Å². The van der Waals surface area contributed by atoms with Crippen LogP contribution < -0.4 is 0 Å². The Morgan fingerprint density at radius 3 is 2.67 bits per heavy atom. The fraction of sp³-hybridized carbons (Fsp3) is 0.562. The highest BCUT2D eigenvalue weighted by Gasteiger charge is 2.23. The van der Waals surface area contributed by atoms with Gasteiger partial charge in [-0.05, 0) is 57.1 Å². The van der Waals surface area contributed by atoms with Crippen LogP contribution in [-0.4, -0.2) is 53.6 Å². The van der Waals surface area contributed by atoms with E-state index in [-0.39, 0.29) is 6.54 Å². The third-order valence-corrected chi connectivity index (χ3v) is 5.06. The molecule has 0 amide bonds. The molecule has 2 rings (SSSR count). The quantitative estimate of drug-likeness (QED) is 0.882. The topological polar surface area (TPSA) is 43.8 Å². The normalized spacial score (nSPS) is 17.3. The Morgan fingerprint density at radius 2 is 2.10 bits per heavy atom. The van der Waals surface area contributed by atoms with Gasteiger partial charge in [0.2, 0.25) is 0 Å². The van der Waals surface area contributed by atoms with Gasteiger partial charge >= 0.3 is 5.97 Å². The Balaban J connectivity index is 1.83. The molecule has 21 heavy (non-hydrogen) atoms. The van der Waals surface area contributed by atoms with E-state index in [1.807, 2.05) is 11.9 Å². The maximum absolute atomic E-state index is 10.8. The molecule has 0 spiro atoms. The summed E-state index contributed by atoms with van der Waals surface area (Å²) in [6.45, 7) is 5.25. The zero-order chi connectivity index (χ0) is 15.4. The van der Waals surface area contributed by atoms with Crippen LogP contribution in [-0.2, 0) is 11.3 Å². The Morgan fingerprint density at radius 1 is 1.43 bits per heavy atom. The number of nitrogens with zero attached hydrogens (tertiary/aromatic N) is 2. The van der Waals surface area contributed by atoms with Crippen molar-refractivity contribution in [3.63, 3.8) is 0 Å². The number of aryl methyl sites for hydroxylation is 1. The van der Waals surface area contributed by atoms with Crippen LogP contribution in [0, 0.1) is 6.92 Å². The monoisotopic (exact) mass is 354 g/mol. The molecule has 0 atom stereocenters. The minimum absolute atomic E-state index is 0.134. The third-order valence-electron chi connectivity index (χ3n) is 4.21. The molecule has 4 nitrogen and oxygen atoms in total. The van der Waals surface area contributed by atoms with Gasteiger partial charge in [-0.3, -0.25) is 14.6 Å². The van der Waals surface area contributed by atoms with Crippen LogP contribution in [0.2, 0.25) is 0 Å². The molecule has 0 radical (unpaired) electrons. The molecule has 116 valence electrons. The van der Waals surface area contributed by atoms with Crippen molar-refractivity contribution in [3.05, 3.63) is 33.8 Å². The number of rotatable bonds is 5. The SMILES string of the molecule is Cc1ccc(CN2CCC(N(C)CC(=O)O)CC2)cc1Br. The highest BCUT2D eigenvalue weighted by molar-refractivity contribution is 9.10. The summed E-state index contributed by atoms with van der Waals surface area (Å²) in [4.78, 5) is 15.2. The van der Waals surface area contributed by atoms with Crippen molar-refractivity contribution in [2.24, 2.45) is 0 Å².